The quantitative estimate of drug-likeness (QED) is 0.663. The number of hydrogen-bond acceptors (Lipinski definition) is 4. The lowest BCUT2D eigenvalue weighted by Crippen LogP contribution is -2.16. The SMILES string of the molecule is COc1ccc([C@H](O)C[C@H](O)CO)cc1. The zero-order chi connectivity index (χ0) is 11.3. The van der Waals surface area contributed by atoms with Crippen LogP contribution in [0.5, 0.6) is 5.75 Å². The maximum atomic E-state index is 9.67. The number of rotatable bonds is 5. The first-order valence-electron chi connectivity index (χ1n) is 4.78. The Balaban J connectivity index is 2.61. The monoisotopic (exact) mass is 212 g/mol. The van der Waals surface area contributed by atoms with E-state index in [2.05, 4.69) is 0 Å². The molecule has 0 aliphatic carbocycles. The van der Waals surface area contributed by atoms with Gasteiger partial charge in [-0.2, -0.15) is 0 Å². The lowest BCUT2D eigenvalue weighted by Gasteiger charge is -2.14. The molecular weight excluding hydrogens is 196 g/mol. The van der Waals surface area contributed by atoms with Gasteiger partial charge in [-0.15, -0.1) is 0 Å². The van der Waals surface area contributed by atoms with Crippen molar-refractivity contribution < 1.29 is 20.1 Å². The Labute approximate surface area is 88.8 Å². The minimum Gasteiger partial charge on any atom is -0.497 e. The van der Waals surface area contributed by atoms with Crippen LogP contribution in [-0.2, 0) is 0 Å². The molecule has 0 amide bonds. The van der Waals surface area contributed by atoms with Crippen LogP contribution in [0.3, 0.4) is 0 Å². The highest BCUT2D eigenvalue weighted by Gasteiger charge is 2.12. The molecule has 0 fully saturated rings. The summed E-state index contributed by atoms with van der Waals surface area (Å²) < 4.78 is 4.98. The molecule has 0 heterocycles. The molecule has 3 N–H and O–H groups in total. The van der Waals surface area contributed by atoms with E-state index < -0.39 is 12.2 Å². The second-order valence-electron chi connectivity index (χ2n) is 3.36. The van der Waals surface area contributed by atoms with Crippen LogP contribution >= 0.6 is 0 Å². The number of aliphatic hydroxyl groups is 3. The average molecular weight is 212 g/mol. The van der Waals surface area contributed by atoms with E-state index in [0.29, 0.717) is 11.3 Å². The van der Waals surface area contributed by atoms with Gasteiger partial charge in [0.15, 0.2) is 0 Å². The molecule has 1 rings (SSSR count). The number of aliphatic hydroxyl groups excluding tert-OH is 3. The van der Waals surface area contributed by atoms with E-state index in [0.717, 1.165) is 0 Å². The minimum absolute atomic E-state index is 0.128. The molecule has 1 aromatic carbocycles. The third kappa shape index (κ3) is 3.51. The number of hydrogen-bond donors (Lipinski definition) is 3. The molecule has 2 atom stereocenters. The van der Waals surface area contributed by atoms with Gasteiger partial charge in [0.2, 0.25) is 0 Å². The second kappa shape index (κ2) is 5.70. The third-order valence-corrected chi connectivity index (χ3v) is 2.21. The van der Waals surface area contributed by atoms with Gasteiger partial charge >= 0.3 is 0 Å². The highest BCUT2D eigenvalue weighted by Crippen LogP contribution is 2.21. The summed E-state index contributed by atoms with van der Waals surface area (Å²) >= 11 is 0. The predicted octanol–water partition coefficient (Wildman–Crippen LogP) is 0.472. The topological polar surface area (TPSA) is 69.9 Å². The van der Waals surface area contributed by atoms with Crippen molar-refractivity contribution in [1.29, 1.82) is 0 Å². The molecule has 4 heteroatoms. The van der Waals surface area contributed by atoms with Crippen LogP contribution in [0.1, 0.15) is 18.1 Å². The van der Waals surface area contributed by atoms with Crippen molar-refractivity contribution in [3.8, 4) is 5.75 Å². The van der Waals surface area contributed by atoms with Crippen LogP contribution in [0.25, 0.3) is 0 Å². The van der Waals surface area contributed by atoms with Gasteiger partial charge in [-0.3, -0.25) is 0 Å². The molecular formula is C11H16O4. The van der Waals surface area contributed by atoms with Gasteiger partial charge < -0.3 is 20.1 Å². The van der Waals surface area contributed by atoms with Gasteiger partial charge in [-0.05, 0) is 17.7 Å². The second-order valence-corrected chi connectivity index (χ2v) is 3.36. The molecule has 84 valence electrons. The normalized spacial score (nSPS) is 14.7. The molecule has 0 spiro atoms. The van der Waals surface area contributed by atoms with Crippen molar-refractivity contribution in [2.45, 2.75) is 18.6 Å². The highest BCUT2D eigenvalue weighted by atomic mass is 16.5. The molecule has 4 nitrogen and oxygen atoms in total. The van der Waals surface area contributed by atoms with Crippen molar-refractivity contribution in [2.75, 3.05) is 13.7 Å². The van der Waals surface area contributed by atoms with Crippen molar-refractivity contribution >= 4 is 0 Å². The summed E-state index contributed by atoms with van der Waals surface area (Å²) in [6.07, 6.45) is -1.52. The van der Waals surface area contributed by atoms with E-state index in [9.17, 15) is 5.11 Å². The Morgan fingerprint density at radius 2 is 1.80 bits per heavy atom. The molecule has 0 radical (unpaired) electrons. The first kappa shape index (κ1) is 12.0. The fourth-order valence-electron chi connectivity index (χ4n) is 1.29. The number of methoxy groups -OCH3 is 1. The van der Waals surface area contributed by atoms with Crippen LogP contribution in [0.2, 0.25) is 0 Å². The predicted molar refractivity (Wildman–Crippen MR) is 55.7 cm³/mol. The number of ether oxygens (including phenoxy) is 1. The van der Waals surface area contributed by atoms with Crippen molar-refractivity contribution in [3.63, 3.8) is 0 Å². The van der Waals surface area contributed by atoms with Gasteiger partial charge in [-0.25, -0.2) is 0 Å². The van der Waals surface area contributed by atoms with E-state index >= 15 is 0 Å². The largest absolute Gasteiger partial charge is 0.497 e. The summed E-state index contributed by atoms with van der Waals surface area (Å²) in [6.45, 7) is -0.340. The van der Waals surface area contributed by atoms with Crippen LogP contribution < -0.4 is 4.74 Å². The van der Waals surface area contributed by atoms with E-state index in [4.69, 9.17) is 14.9 Å². The Morgan fingerprint density at radius 3 is 2.27 bits per heavy atom. The van der Waals surface area contributed by atoms with E-state index in [1.54, 1.807) is 31.4 Å². The average Bonchev–Trinajstić information content (AvgIpc) is 2.29. The summed E-state index contributed by atoms with van der Waals surface area (Å²) in [5.74, 6) is 0.716. The van der Waals surface area contributed by atoms with E-state index in [-0.39, 0.29) is 13.0 Å². The van der Waals surface area contributed by atoms with Crippen molar-refractivity contribution in [2.24, 2.45) is 0 Å². The van der Waals surface area contributed by atoms with Crippen molar-refractivity contribution in [1.82, 2.24) is 0 Å². The fraction of sp³-hybridized carbons (Fsp3) is 0.455. The van der Waals surface area contributed by atoms with Gasteiger partial charge in [-0.1, -0.05) is 12.1 Å². The molecule has 0 saturated heterocycles. The summed E-state index contributed by atoms with van der Waals surface area (Å²) in [4.78, 5) is 0. The van der Waals surface area contributed by atoms with Gasteiger partial charge in [0.05, 0.1) is 25.9 Å². The van der Waals surface area contributed by atoms with Crippen LogP contribution in [0, 0.1) is 0 Å². The first-order valence-corrected chi connectivity index (χ1v) is 4.78. The van der Waals surface area contributed by atoms with Crippen LogP contribution in [-0.4, -0.2) is 35.1 Å². The molecule has 0 bridgehead atoms. The molecule has 0 aliphatic rings. The summed E-state index contributed by atoms with van der Waals surface area (Å²) in [7, 11) is 1.57. The van der Waals surface area contributed by atoms with Crippen molar-refractivity contribution in [3.05, 3.63) is 29.8 Å². The maximum Gasteiger partial charge on any atom is 0.118 e. The Hall–Kier alpha value is -1.10. The van der Waals surface area contributed by atoms with Crippen LogP contribution in [0.4, 0.5) is 0 Å². The standard InChI is InChI=1S/C11H16O4/c1-15-10-4-2-8(3-5-10)11(14)6-9(13)7-12/h2-5,9,11-14H,6-7H2,1H3/t9-,11+/m0/s1. The Bertz CT molecular complexity index is 283. The maximum absolute atomic E-state index is 9.67. The number of benzene rings is 1. The van der Waals surface area contributed by atoms with E-state index in [1.807, 2.05) is 0 Å². The first-order chi connectivity index (χ1) is 7.17. The minimum atomic E-state index is -0.887. The zero-order valence-electron chi connectivity index (χ0n) is 8.63. The summed E-state index contributed by atoms with van der Waals surface area (Å²) in [5.41, 5.74) is 0.698. The smallest absolute Gasteiger partial charge is 0.118 e. The van der Waals surface area contributed by atoms with Crippen LogP contribution in [0.15, 0.2) is 24.3 Å². The van der Waals surface area contributed by atoms with Gasteiger partial charge in [0.1, 0.15) is 5.75 Å². The summed E-state index contributed by atoms with van der Waals surface area (Å²) in [5, 5.41) is 27.5. The highest BCUT2D eigenvalue weighted by molar-refractivity contribution is 5.28. The van der Waals surface area contributed by atoms with Gasteiger partial charge in [0.25, 0.3) is 0 Å². The zero-order valence-corrected chi connectivity index (χ0v) is 8.63. The fourth-order valence-corrected chi connectivity index (χ4v) is 1.29. The van der Waals surface area contributed by atoms with Gasteiger partial charge in [0, 0.05) is 6.42 Å². The third-order valence-electron chi connectivity index (χ3n) is 2.21. The molecule has 15 heavy (non-hydrogen) atoms. The molecule has 0 unspecified atom stereocenters. The summed E-state index contributed by atoms with van der Waals surface area (Å²) in [6, 6.07) is 6.94. The Morgan fingerprint density at radius 1 is 1.20 bits per heavy atom. The Kier molecular flexibility index (Phi) is 4.55. The van der Waals surface area contributed by atoms with E-state index in [1.165, 1.54) is 0 Å². The molecule has 0 saturated carbocycles. The molecule has 1 aromatic rings. The lowest BCUT2D eigenvalue weighted by atomic mass is 10.0. The molecule has 0 aromatic heterocycles. The molecule has 0 aliphatic heterocycles. The lowest BCUT2D eigenvalue weighted by molar-refractivity contribution is 0.0413.